The normalized spacial score (nSPS) is 10.6. The highest BCUT2D eigenvalue weighted by Crippen LogP contribution is 2.29. The molecular formula is C10H8N2O4. The number of nitrogens with zero attached hydrogens (tertiary/aromatic N) is 2. The van der Waals surface area contributed by atoms with Crippen LogP contribution in [0.3, 0.4) is 0 Å². The number of carbonyl (C=O) groups is 1. The van der Waals surface area contributed by atoms with Crippen LogP contribution >= 0.6 is 0 Å². The van der Waals surface area contributed by atoms with Crippen molar-refractivity contribution in [1.29, 1.82) is 0 Å². The van der Waals surface area contributed by atoms with Gasteiger partial charge in [0.15, 0.2) is 0 Å². The zero-order valence-corrected chi connectivity index (χ0v) is 8.38. The molecule has 0 amide bonds. The Morgan fingerprint density at radius 1 is 1.50 bits per heavy atom. The summed E-state index contributed by atoms with van der Waals surface area (Å²) in [5, 5.41) is 19.9. The van der Waals surface area contributed by atoms with E-state index in [1.807, 2.05) is 0 Å². The van der Waals surface area contributed by atoms with E-state index in [0.29, 0.717) is 5.52 Å². The van der Waals surface area contributed by atoms with Gasteiger partial charge in [-0.2, -0.15) is 0 Å². The zero-order chi connectivity index (χ0) is 11.9. The van der Waals surface area contributed by atoms with Crippen molar-refractivity contribution in [2.45, 2.75) is 0 Å². The van der Waals surface area contributed by atoms with Crippen molar-refractivity contribution in [3.8, 4) is 0 Å². The minimum atomic E-state index is -1.17. The van der Waals surface area contributed by atoms with Crippen molar-refractivity contribution in [2.24, 2.45) is 7.05 Å². The topological polar surface area (TPSA) is 85.4 Å². The van der Waals surface area contributed by atoms with E-state index in [-0.39, 0.29) is 16.6 Å². The SMILES string of the molecule is Cn1cc(C(=O)O)c2c([N+](=O)[O-])cccc21. The van der Waals surface area contributed by atoms with Crippen molar-refractivity contribution in [1.82, 2.24) is 4.57 Å². The zero-order valence-electron chi connectivity index (χ0n) is 8.38. The van der Waals surface area contributed by atoms with Crippen LogP contribution in [0, 0.1) is 10.1 Å². The highest BCUT2D eigenvalue weighted by molar-refractivity contribution is 6.07. The van der Waals surface area contributed by atoms with E-state index < -0.39 is 10.9 Å². The molecule has 6 nitrogen and oxygen atoms in total. The Hall–Kier alpha value is -2.37. The van der Waals surface area contributed by atoms with Gasteiger partial charge in [-0.15, -0.1) is 0 Å². The van der Waals surface area contributed by atoms with Crippen LogP contribution < -0.4 is 0 Å². The second-order valence-corrected chi connectivity index (χ2v) is 3.39. The van der Waals surface area contributed by atoms with Crippen LogP contribution in [0.5, 0.6) is 0 Å². The Balaban J connectivity index is 2.93. The number of benzene rings is 1. The highest BCUT2D eigenvalue weighted by atomic mass is 16.6. The first-order chi connectivity index (χ1) is 7.52. The standard InChI is InChI=1S/C10H8N2O4/c1-11-5-6(10(13)14)9-7(11)3-2-4-8(9)12(15)16/h2-5H,1H3,(H,13,14). The van der Waals surface area contributed by atoms with Gasteiger partial charge in [-0.25, -0.2) is 4.79 Å². The lowest BCUT2D eigenvalue weighted by Crippen LogP contribution is -1.96. The molecule has 1 aromatic heterocycles. The van der Waals surface area contributed by atoms with Gasteiger partial charge in [0, 0.05) is 19.3 Å². The van der Waals surface area contributed by atoms with Crippen molar-refractivity contribution in [2.75, 3.05) is 0 Å². The molecule has 1 N–H and O–H groups in total. The molecule has 0 saturated carbocycles. The van der Waals surface area contributed by atoms with Crippen LogP contribution in [0.25, 0.3) is 10.9 Å². The third-order valence-electron chi connectivity index (χ3n) is 2.42. The maximum Gasteiger partial charge on any atom is 0.338 e. The summed E-state index contributed by atoms with van der Waals surface area (Å²) in [5.41, 5.74) is 0.298. The average Bonchev–Trinajstić information content (AvgIpc) is 2.56. The Bertz CT molecular complexity index is 600. The van der Waals surface area contributed by atoms with Gasteiger partial charge in [-0.05, 0) is 6.07 Å². The molecule has 6 heteroatoms. The Morgan fingerprint density at radius 3 is 2.75 bits per heavy atom. The molecule has 2 aromatic rings. The summed E-state index contributed by atoms with van der Waals surface area (Å²) in [6.07, 6.45) is 1.38. The first-order valence-corrected chi connectivity index (χ1v) is 4.48. The third-order valence-corrected chi connectivity index (χ3v) is 2.42. The highest BCUT2D eigenvalue weighted by Gasteiger charge is 2.21. The number of nitro benzene ring substituents is 1. The van der Waals surface area contributed by atoms with E-state index in [1.54, 1.807) is 17.7 Å². The predicted molar refractivity (Wildman–Crippen MR) is 56.5 cm³/mol. The second kappa shape index (κ2) is 3.34. The summed E-state index contributed by atoms with van der Waals surface area (Å²) in [6, 6.07) is 4.48. The van der Waals surface area contributed by atoms with Crippen molar-refractivity contribution < 1.29 is 14.8 Å². The molecule has 0 spiro atoms. The minimum Gasteiger partial charge on any atom is -0.478 e. The van der Waals surface area contributed by atoms with Gasteiger partial charge in [-0.3, -0.25) is 10.1 Å². The van der Waals surface area contributed by atoms with Crippen LogP contribution in [0.15, 0.2) is 24.4 Å². The Kier molecular flexibility index (Phi) is 2.12. The summed E-state index contributed by atoms with van der Waals surface area (Å²) in [4.78, 5) is 21.2. The molecule has 0 unspecified atom stereocenters. The van der Waals surface area contributed by atoms with Gasteiger partial charge in [0.1, 0.15) is 0 Å². The molecule has 1 aromatic carbocycles. The van der Waals surface area contributed by atoms with E-state index in [1.165, 1.54) is 18.3 Å². The van der Waals surface area contributed by atoms with E-state index in [9.17, 15) is 14.9 Å². The molecule has 0 aliphatic rings. The maximum atomic E-state index is 11.0. The quantitative estimate of drug-likeness (QED) is 0.617. The third kappa shape index (κ3) is 1.31. The fourth-order valence-electron chi connectivity index (χ4n) is 1.74. The summed E-state index contributed by atoms with van der Waals surface area (Å²) in [5.74, 6) is -1.17. The summed E-state index contributed by atoms with van der Waals surface area (Å²) in [6.45, 7) is 0. The number of carboxylic acids is 1. The number of aromatic carboxylic acids is 1. The number of non-ortho nitro benzene ring substituents is 1. The number of nitro groups is 1. The number of fused-ring (bicyclic) bond motifs is 1. The molecule has 2 rings (SSSR count). The van der Waals surface area contributed by atoms with Gasteiger partial charge in [0.05, 0.1) is 21.4 Å². The Labute approximate surface area is 89.9 Å². The van der Waals surface area contributed by atoms with E-state index >= 15 is 0 Å². The lowest BCUT2D eigenvalue weighted by atomic mass is 10.1. The van der Waals surface area contributed by atoms with Crippen LogP contribution in [-0.2, 0) is 7.05 Å². The van der Waals surface area contributed by atoms with Gasteiger partial charge >= 0.3 is 5.97 Å². The van der Waals surface area contributed by atoms with Gasteiger partial charge < -0.3 is 9.67 Å². The van der Waals surface area contributed by atoms with Crippen molar-refractivity contribution >= 4 is 22.6 Å². The average molecular weight is 220 g/mol. The fourth-order valence-corrected chi connectivity index (χ4v) is 1.74. The van der Waals surface area contributed by atoms with E-state index in [4.69, 9.17) is 5.11 Å². The first-order valence-electron chi connectivity index (χ1n) is 4.48. The number of aromatic nitrogens is 1. The fraction of sp³-hybridized carbons (Fsp3) is 0.100. The molecule has 0 bridgehead atoms. The molecule has 82 valence electrons. The van der Waals surface area contributed by atoms with Crippen molar-refractivity contribution in [3.63, 3.8) is 0 Å². The minimum absolute atomic E-state index is 0.0511. The summed E-state index contributed by atoms with van der Waals surface area (Å²) < 4.78 is 1.56. The molecule has 16 heavy (non-hydrogen) atoms. The molecule has 0 atom stereocenters. The molecule has 0 aliphatic heterocycles. The number of hydrogen-bond donors (Lipinski definition) is 1. The monoisotopic (exact) mass is 220 g/mol. The molecule has 1 heterocycles. The molecule has 0 aliphatic carbocycles. The van der Waals surface area contributed by atoms with Crippen LogP contribution in [0.4, 0.5) is 5.69 Å². The lowest BCUT2D eigenvalue weighted by molar-refractivity contribution is -0.383. The Morgan fingerprint density at radius 2 is 2.19 bits per heavy atom. The maximum absolute atomic E-state index is 11.0. The second-order valence-electron chi connectivity index (χ2n) is 3.39. The van der Waals surface area contributed by atoms with Crippen LogP contribution in [0.1, 0.15) is 10.4 Å². The smallest absolute Gasteiger partial charge is 0.338 e. The van der Waals surface area contributed by atoms with Crippen molar-refractivity contribution in [3.05, 3.63) is 40.1 Å². The van der Waals surface area contributed by atoms with E-state index in [0.717, 1.165) is 0 Å². The number of aryl methyl sites for hydroxylation is 1. The summed E-state index contributed by atoms with van der Waals surface area (Å²) in [7, 11) is 1.65. The number of rotatable bonds is 2. The summed E-state index contributed by atoms with van der Waals surface area (Å²) >= 11 is 0. The molecule has 0 saturated heterocycles. The number of carboxylic acid groups (broad SMARTS) is 1. The largest absolute Gasteiger partial charge is 0.478 e. The van der Waals surface area contributed by atoms with Gasteiger partial charge in [0.2, 0.25) is 0 Å². The molecule has 0 fully saturated rings. The lowest BCUT2D eigenvalue weighted by Gasteiger charge is -1.96. The van der Waals surface area contributed by atoms with E-state index in [2.05, 4.69) is 0 Å². The van der Waals surface area contributed by atoms with Crippen LogP contribution in [-0.4, -0.2) is 20.6 Å². The first kappa shape index (κ1) is 10.2. The molecule has 0 radical (unpaired) electrons. The van der Waals surface area contributed by atoms with Gasteiger partial charge in [0.25, 0.3) is 5.69 Å². The molecular weight excluding hydrogens is 212 g/mol. The predicted octanol–water partition coefficient (Wildman–Crippen LogP) is 1.78. The van der Waals surface area contributed by atoms with Crippen LogP contribution in [0.2, 0.25) is 0 Å². The van der Waals surface area contributed by atoms with Gasteiger partial charge in [-0.1, -0.05) is 6.07 Å². The number of hydrogen-bond acceptors (Lipinski definition) is 3.